The Labute approximate surface area is 127 Å². The summed E-state index contributed by atoms with van der Waals surface area (Å²) in [6, 6.07) is 0. The predicted octanol–water partition coefficient (Wildman–Crippen LogP) is -1.36. The van der Waals surface area contributed by atoms with Crippen molar-refractivity contribution >= 4 is 5.97 Å². The second-order valence-electron chi connectivity index (χ2n) is 5.65. The number of hydrogen-bond donors (Lipinski definition) is 4. The third-order valence-corrected chi connectivity index (χ3v) is 3.64. The lowest BCUT2D eigenvalue weighted by atomic mass is 10.2. The van der Waals surface area contributed by atoms with E-state index in [0.717, 1.165) is 65.3 Å². The van der Waals surface area contributed by atoms with Crippen LogP contribution < -0.4 is 10.6 Å². The minimum absolute atomic E-state index is 0.101. The zero-order valence-electron chi connectivity index (χ0n) is 13.1. The number of carboxylic acid groups (broad SMARTS) is 1. The van der Waals surface area contributed by atoms with Gasteiger partial charge in [0.15, 0.2) is 0 Å². The lowest BCUT2D eigenvalue weighted by Crippen LogP contribution is -2.44. The maximum Gasteiger partial charge on any atom is 0.317 e. The minimum atomic E-state index is -0.772. The summed E-state index contributed by atoms with van der Waals surface area (Å²) in [6.45, 7) is 9.63. The Hall–Kier alpha value is -0.730. The first-order valence-electron chi connectivity index (χ1n) is 7.84. The molecule has 0 aromatic carbocycles. The molecular weight excluding hydrogens is 272 g/mol. The van der Waals surface area contributed by atoms with Gasteiger partial charge in [-0.25, -0.2) is 0 Å². The molecule has 0 bridgehead atoms. The molecule has 0 amide bonds. The highest BCUT2D eigenvalue weighted by Crippen LogP contribution is 1.96. The van der Waals surface area contributed by atoms with E-state index < -0.39 is 5.97 Å². The van der Waals surface area contributed by atoms with Gasteiger partial charge in [0, 0.05) is 58.9 Å². The average Bonchev–Trinajstić information content (AvgIpc) is 2.39. The normalized spacial score (nSPS) is 22.2. The minimum Gasteiger partial charge on any atom is -0.480 e. The predicted molar refractivity (Wildman–Crippen MR) is 82.6 cm³/mol. The highest BCUT2D eigenvalue weighted by Gasteiger charge is 2.11. The van der Waals surface area contributed by atoms with E-state index in [1.54, 1.807) is 0 Å². The Morgan fingerprint density at radius 2 is 1.52 bits per heavy atom. The summed E-state index contributed by atoms with van der Waals surface area (Å²) in [4.78, 5) is 15.1. The quantitative estimate of drug-likeness (QED) is 0.499. The van der Waals surface area contributed by atoms with Crippen LogP contribution in [0.2, 0.25) is 0 Å². The highest BCUT2D eigenvalue weighted by molar-refractivity contribution is 5.69. The van der Waals surface area contributed by atoms with Crippen molar-refractivity contribution in [3.63, 3.8) is 0 Å². The maximum atomic E-state index is 10.8. The summed E-state index contributed by atoms with van der Waals surface area (Å²) in [5, 5.41) is 25.0. The molecule has 1 aliphatic rings. The van der Waals surface area contributed by atoms with Gasteiger partial charge in [-0.05, 0) is 13.3 Å². The summed E-state index contributed by atoms with van der Waals surface area (Å²) >= 11 is 0. The smallest absolute Gasteiger partial charge is 0.317 e. The lowest BCUT2D eigenvalue weighted by Gasteiger charge is -2.26. The third-order valence-electron chi connectivity index (χ3n) is 3.64. The maximum absolute atomic E-state index is 10.8. The number of carbonyl (C=O) groups is 1. The third kappa shape index (κ3) is 9.76. The van der Waals surface area contributed by atoms with E-state index in [4.69, 9.17) is 5.11 Å². The van der Waals surface area contributed by atoms with Crippen molar-refractivity contribution in [3.8, 4) is 0 Å². The molecule has 1 unspecified atom stereocenters. The number of aliphatic carboxylic acids is 1. The van der Waals surface area contributed by atoms with Gasteiger partial charge in [0.05, 0.1) is 12.6 Å². The van der Waals surface area contributed by atoms with Gasteiger partial charge < -0.3 is 25.7 Å². The number of nitrogens with one attached hydrogen (secondary N) is 2. The summed E-state index contributed by atoms with van der Waals surface area (Å²) in [7, 11) is 0. The first-order valence-corrected chi connectivity index (χ1v) is 7.84. The Kier molecular flexibility index (Phi) is 9.53. The number of aliphatic hydroxyl groups is 1. The molecule has 1 saturated heterocycles. The summed E-state index contributed by atoms with van der Waals surface area (Å²) in [5.74, 6) is -0.772. The van der Waals surface area contributed by atoms with Crippen molar-refractivity contribution in [2.45, 2.75) is 19.4 Å². The zero-order valence-corrected chi connectivity index (χ0v) is 13.1. The van der Waals surface area contributed by atoms with Crippen LogP contribution in [0.3, 0.4) is 0 Å². The number of nitrogens with zero attached hydrogens (tertiary/aromatic N) is 2. The van der Waals surface area contributed by atoms with E-state index in [-0.39, 0.29) is 12.6 Å². The Bertz CT molecular complexity index is 275. The average molecular weight is 302 g/mol. The van der Waals surface area contributed by atoms with Crippen LogP contribution in [0.5, 0.6) is 0 Å². The second-order valence-corrected chi connectivity index (χ2v) is 5.65. The van der Waals surface area contributed by atoms with Gasteiger partial charge in [-0.3, -0.25) is 9.69 Å². The molecule has 0 aliphatic carbocycles. The van der Waals surface area contributed by atoms with E-state index in [9.17, 15) is 9.90 Å². The van der Waals surface area contributed by atoms with Crippen LogP contribution in [0.25, 0.3) is 0 Å². The van der Waals surface area contributed by atoms with Gasteiger partial charge in [-0.15, -0.1) is 0 Å². The lowest BCUT2D eigenvalue weighted by molar-refractivity contribution is -0.138. The SMILES string of the molecule is CC(O)CCN1CCNCCN(CC(=O)O)CCNCC1. The molecule has 124 valence electrons. The van der Waals surface area contributed by atoms with Crippen LogP contribution in [0, 0.1) is 0 Å². The van der Waals surface area contributed by atoms with Crippen LogP contribution in [-0.4, -0.2) is 97.5 Å². The van der Waals surface area contributed by atoms with Crippen molar-refractivity contribution in [2.24, 2.45) is 0 Å². The fourth-order valence-corrected chi connectivity index (χ4v) is 2.36. The van der Waals surface area contributed by atoms with Crippen LogP contribution in [-0.2, 0) is 4.79 Å². The van der Waals surface area contributed by atoms with Crippen LogP contribution in [0.4, 0.5) is 0 Å². The topological polar surface area (TPSA) is 88.1 Å². The van der Waals surface area contributed by atoms with E-state index in [0.29, 0.717) is 0 Å². The number of hydrogen-bond acceptors (Lipinski definition) is 6. The molecule has 0 spiro atoms. The van der Waals surface area contributed by atoms with Crippen molar-refractivity contribution in [1.82, 2.24) is 20.4 Å². The molecule has 1 fully saturated rings. The van der Waals surface area contributed by atoms with Crippen molar-refractivity contribution in [2.75, 3.05) is 65.4 Å². The monoisotopic (exact) mass is 302 g/mol. The number of aliphatic hydroxyl groups excluding tert-OH is 1. The zero-order chi connectivity index (χ0) is 15.5. The Morgan fingerprint density at radius 3 is 1.95 bits per heavy atom. The molecule has 0 saturated carbocycles. The van der Waals surface area contributed by atoms with Crippen molar-refractivity contribution in [3.05, 3.63) is 0 Å². The van der Waals surface area contributed by atoms with Crippen LogP contribution >= 0.6 is 0 Å². The van der Waals surface area contributed by atoms with Gasteiger partial charge in [-0.1, -0.05) is 0 Å². The fraction of sp³-hybridized carbons (Fsp3) is 0.929. The molecule has 7 heteroatoms. The Morgan fingerprint density at radius 1 is 1.05 bits per heavy atom. The van der Waals surface area contributed by atoms with Crippen molar-refractivity contribution in [1.29, 1.82) is 0 Å². The van der Waals surface area contributed by atoms with Gasteiger partial charge in [-0.2, -0.15) is 0 Å². The van der Waals surface area contributed by atoms with E-state index >= 15 is 0 Å². The molecule has 1 rings (SSSR count). The summed E-state index contributed by atoms with van der Waals surface area (Å²) in [5.41, 5.74) is 0. The van der Waals surface area contributed by atoms with Gasteiger partial charge in [0.25, 0.3) is 0 Å². The van der Waals surface area contributed by atoms with Gasteiger partial charge in [0.2, 0.25) is 0 Å². The molecule has 0 aromatic rings. The molecule has 0 aromatic heterocycles. The first kappa shape index (κ1) is 18.3. The first-order chi connectivity index (χ1) is 10.1. The molecule has 0 radical (unpaired) electrons. The molecule has 7 nitrogen and oxygen atoms in total. The number of rotatable bonds is 5. The summed E-state index contributed by atoms with van der Waals surface area (Å²) in [6.07, 6.45) is 0.545. The molecular formula is C14H30N4O3. The number of carboxylic acids is 1. The van der Waals surface area contributed by atoms with Crippen molar-refractivity contribution < 1.29 is 15.0 Å². The highest BCUT2D eigenvalue weighted by atomic mass is 16.4. The van der Waals surface area contributed by atoms with E-state index in [1.807, 2.05) is 11.8 Å². The Balaban J connectivity index is 2.33. The fourth-order valence-electron chi connectivity index (χ4n) is 2.36. The molecule has 4 N–H and O–H groups in total. The molecule has 1 heterocycles. The van der Waals surface area contributed by atoms with E-state index in [1.165, 1.54) is 0 Å². The largest absolute Gasteiger partial charge is 0.480 e. The summed E-state index contributed by atoms with van der Waals surface area (Å²) < 4.78 is 0. The van der Waals surface area contributed by atoms with Gasteiger partial charge >= 0.3 is 5.97 Å². The second kappa shape index (κ2) is 10.9. The van der Waals surface area contributed by atoms with Crippen LogP contribution in [0.15, 0.2) is 0 Å². The molecule has 21 heavy (non-hydrogen) atoms. The standard InChI is InChI=1S/C14H30N4O3/c1-13(19)2-7-17-8-3-15-5-10-18(12-14(20)21)11-6-16-4-9-17/h13,15-16,19H,2-12H2,1H3,(H,20,21). The van der Waals surface area contributed by atoms with E-state index in [2.05, 4.69) is 15.5 Å². The van der Waals surface area contributed by atoms with Crippen LogP contribution in [0.1, 0.15) is 13.3 Å². The molecule has 1 aliphatic heterocycles. The molecule has 1 atom stereocenters. The van der Waals surface area contributed by atoms with Gasteiger partial charge in [0.1, 0.15) is 0 Å².